The van der Waals surface area contributed by atoms with E-state index in [0.29, 0.717) is 22.8 Å². The predicted octanol–water partition coefficient (Wildman–Crippen LogP) is 5.20. The zero-order valence-electron chi connectivity index (χ0n) is 24.1. The Labute approximate surface area is 257 Å². The summed E-state index contributed by atoms with van der Waals surface area (Å²) in [6.45, 7) is 5.34. The molecule has 5 aromatic rings. The van der Waals surface area contributed by atoms with E-state index in [1.54, 1.807) is 34.7 Å². The van der Waals surface area contributed by atoms with Crippen LogP contribution in [0.3, 0.4) is 0 Å². The molecule has 1 amide bonds. The van der Waals surface area contributed by atoms with Gasteiger partial charge in [0.25, 0.3) is 11.5 Å². The van der Waals surface area contributed by atoms with Gasteiger partial charge in [0.2, 0.25) is 5.95 Å². The molecule has 0 radical (unpaired) electrons. The van der Waals surface area contributed by atoms with Gasteiger partial charge in [-0.05, 0) is 63.6 Å². The molecular formula is C30H26BrF3N8O2. The zero-order chi connectivity index (χ0) is 31.5. The maximum atomic E-state index is 14.2. The van der Waals surface area contributed by atoms with Crippen molar-refractivity contribution in [3.63, 3.8) is 0 Å². The molecule has 5 heterocycles. The van der Waals surface area contributed by atoms with Crippen LogP contribution in [-0.2, 0) is 26.2 Å². The summed E-state index contributed by atoms with van der Waals surface area (Å²) in [5.74, 6) is -0.0698. The normalized spacial score (nSPS) is 15.0. The predicted molar refractivity (Wildman–Crippen MR) is 159 cm³/mol. The van der Waals surface area contributed by atoms with E-state index in [1.807, 2.05) is 39.2 Å². The van der Waals surface area contributed by atoms with Gasteiger partial charge in [-0.1, -0.05) is 15.9 Å². The first kappa shape index (κ1) is 29.5. The van der Waals surface area contributed by atoms with Gasteiger partial charge >= 0.3 is 6.18 Å². The highest BCUT2D eigenvalue weighted by molar-refractivity contribution is 9.10. The highest BCUT2D eigenvalue weighted by Crippen LogP contribution is 2.36. The van der Waals surface area contributed by atoms with Crippen molar-refractivity contribution in [1.29, 1.82) is 0 Å². The number of aryl methyl sites for hydroxylation is 3. The molecule has 1 unspecified atom stereocenters. The summed E-state index contributed by atoms with van der Waals surface area (Å²) in [7, 11) is 1.82. The molecule has 0 bridgehead atoms. The first-order chi connectivity index (χ1) is 20.8. The van der Waals surface area contributed by atoms with E-state index < -0.39 is 23.7 Å². The summed E-state index contributed by atoms with van der Waals surface area (Å²) in [4.78, 5) is 38.6. The number of hydrogen-bond donors (Lipinski definition) is 0. The largest absolute Gasteiger partial charge is 0.417 e. The minimum atomic E-state index is -4.64. The molecule has 14 heteroatoms. The van der Waals surface area contributed by atoms with Crippen molar-refractivity contribution < 1.29 is 18.0 Å². The molecule has 0 saturated heterocycles. The fourth-order valence-corrected chi connectivity index (χ4v) is 5.87. The number of hydrogen-bond acceptors (Lipinski definition) is 6. The van der Waals surface area contributed by atoms with Gasteiger partial charge in [-0.2, -0.15) is 23.4 Å². The van der Waals surface area contributed by atoms with Crippen LogP contribution in [0.5, 0.6) is 0 Å². The Morgan fingerprint density at radius 3 is 2.45 bits per heavy atom. The summed E-state index contributed by atoms with van der Waals surface area (Å²) in [5, 5.41) is 8.74. The molecule has 4 aromatic heterocycles. The maximum Gasteiger partial charge on any atom is 0.417 e. The molecule has 10 nitrogen and oxygen atoms in total. The van der Waals surface area contributed by atoms with Crippen molar-refractivity contribution in [2.45, 2.75) is 46.0 Å². The van der Waals surface area contributed by atoms with Crippen LogP contribution < -0.4 is 5.56 Å². The van der Waals surface area contributed by atoms with E-state index >= 15 is 0 Å². The van der Waals surface area contributed by atoms with E-state index in [1.165, 1.54) is 21.6 Å². The minimum absolute atomic E-state index is 0.0670. The third kappa shape index (κ3) is 5.23. The number of aromatic nitrogens is 7. The fraction of sp³-hybridized carbons (Fsp3) is 0.267. The van der Waals surface area contributed by atoms with Gasteiger partial charge in [-0.3, -0.25) is 14.3 Å². The van der Waals surface area contributed by atoms with Gasteiger partial charge in [0.05, 0.1) is 29.7 Å². The average Bonchev–Trinajstić information content (AvgIpc) is 3.56. The first-order valence-electron chi connectivity index (χ1n) is 13.6. The smallest absolute Gasteiger partial charge is 0.330 e. The Hall–Kier alpha value is -4.59. The van der Waals surface area contributed by atoms with Crippen molar-refractivity contribution >= 4 is 21.8 Å². The molecule has 1 aliphatic heterocycles. The molecular weight excluding hydrogens is 641 g/mol. The molecule has 226 valence electrons. The van der Waals surface area contributed by atoms with E-state index in [9.17, 15) is 22.8 Å². The van der Waals surface area contributed by atoms with E-state index in [0.717, 1.165) is 22.9 Å². The highest BCUT2D eigenvalue weighted by atomic mass is 79.9. The van der Waals surface area contributed by atoms with Gasteiger partial charge in [0, 0.05) is 57.9 Å². The topological polar surface area (TPSA) is 104 Å². The number of rotatable bonds is 4. The van der Waals surface area contributed by atoms with E-state index in [-0.39, 0.29) is 34.5 Å². The second kappa shape index (κ2) is 10.8. The lowest BCUT2D eigenvalue weighted by Gasteiger charge is -2.34. The third-order valence-corrected chi connectivity index (χ3v) is 8.28. The minimum Gasteiger partial charge on any atom is -0.330 e. The zero-order valence-corrected chi connectivity index (χ0v) is 25.7. The van der Waals surface area contributed by atoms with Crippen molar-refractivity contribution in [3.8, 4) is 22.9 Å². The summed E-state index contributed by atoms with van der Waals surface area (Å²) >= 11 is 2.92. The number of carbonyl (C=O) groups excluding carboxylic acids is 1. The van der Waals surface area contributed by atoms with Crippen LogP contribution in [0.15, 0.2) is 64.3 Å². The quantitative estimate of drug-likeness (QED) is 0.261. The monoisotopic (exact) mass is 666 g/mol. The Balaban J connectivity index is 1.44. The van der Waals surface area contributed by atoms with Gasteiger partial charge in [-0.15, -0.1) is 0 Å². The van der Waals surface area contributed by atoms with Crippen molar-refractivity contribution in [3.05, 3.63) is 104 Å². The van der Waals surface area contributed by atoms with Crippen LogP contribution in [0.25, 0.3) is 22.9 Å². The number of pyridine rings is 1. The number of halogens is 4. The van der Waals surface area contributed by atoms with Crippen LogP contribution in [0.4, 0.5) is 13.2 Å². The Morgan fingerprint density at radius 2 is 1.84 bits per heavy atom. The molecule has 0 saturated carbocycles. The maximum absolute atomic E-state index is 14.2. The second-order valence-corrected chi connectivity index (χ2v) is 11.7. The lowest BCUT2D eigenvalue weighted by Crippen LogP contribution is -2.46. The van der Waals surface area contributed by atoms with Gasteiger partial charge in [-0.25, -0.2) is 19.2 Å². The van der Waals surface area contributed by atoms with Crippen LogP contribution in [0, 0.1) is 13.8 Å². The SMILES string of the molecule is Cc1cc(C)n(-c2nc3c(c(=O)n2-c2ccc(-c4cnn(C)c4)cn2)CC(C)N(C(=O)c2ccc(Br)c(C(F)(F)F)c2)C3)n1. The number of carbonyl (C=O) groups is 1. The van der Waals surface area contributed by atoms with Crippen molar-refractivity contribution in [1.82, 2.24) is 39.0 Å². The third-order valence-electron chi connectivity index (χ3n) is 7.59. The first-order valence-corrected chi connectivity index (χ1v) is 14.4. The van der Waals surface area contributed by atoms with Crippen LogP contribution in [-0.4, -0.2) is 50.9 Å². The second-order valence-electron chi connectivity index (χ2n) is 10.8. The van der Waals surface area contributed by atoms with Gasteiger partial charge < -0.3 is 4.90 Å². The molecule has 44 heavy (non-hydrogen) atoms. The van der Waals surface area contributed by atoms with Crippen LogP contribution in [0.2, 0.25) is 0 Å². The standard InChI is InChI=1S/C30H26BrF3N8O2/c1-16-9-18(3)42(38-16)29-37-25-15-40(27(43)19-5-7-24(31)23(11-19)30(32,33)34)17(2)10-22(25)28(44)41(29)26-8-6-20(12-35-26)21-13-36-39(4)14-21/h5-9,11-14,17H,10,15H2,1-4H3. The van der Waals surface area contributed by atoms with Crippen molar-refractivity contribution in [2.24, 2.45) is 7.05 Å². The van der Waals surface area contributed by atoms with E-state index in [4.69, 9.17) is 4.98 Å². The highest BCUT2D eigenvalue weighted by Gasteiger charge is 2.36. The fourth-order valence-electron chi connectivity index (χ4n) is 5.40. The Kier molecular flexibility index (Phi) is 7.26. The molecule has 1 atom stereocenters. The number of amides is 1. The van der Waals surface area contributed by atoms with Crippen molar-refractivity contribution in [2.75, 3.05) is 0 Å². The van der Waals surface area contributed by atoms with Gasteiger partial charge in [0.15, 0.2) is 0 Å². The molecule has 6 rings (SSSR count). The van der Waals surface area contributed by atoms with Crippen LogP contribution >= 0.6 is 15.9 Å². The summed E-state index contributed by atoms with van der Waals surface area (Å²) in [6, 6.07) is 8.31. The molecule has 0 spiro atoms. The Morgan fingerprint density at radius 1 is 1.07 bits per heavy atom. The molecule has 0 N–H and O–H groups in total. The molecule has 0 fully saturated rings. The number of benzene rings is 1. The van der Waals surface area contributed by atoms with E-state index in [2.05, 4.69) is 31.1 Å². The Bertz CT molecular complexity index is 1980. The molecule has 1 aromatic carbocycles. The summed E-state index contributed by atoms with van der Waals surface area (Å²) < 4.78 is 45.2. The van der Waals surface area contributed by atoms with Gasteiger partial charge in [0.1, 0.15) is 5.82 Å². The number of alkyl halides is 3. The number of nitrogens with zero attached hydrogens (tertiary/aromatic N) is 8. The average molecular weight is 667 g/mol. The summed E-state index contributed by atoms with van der Waals surface area (Å²) in [6.07, 6.45) is 0.746. The lowest BCUT2D eigenvalue weighted by molar-refractivity contribution is -0.138. The van der Waals surface area contributed by atoms with Crippen LogP contribution in [0.1, 0.15) is 45.5 Å². The lowest BCUT2D eigenvalue weighted by atomic mass is 9.98. The summed E-state index contributed by atoms with van der Waals surface area (Å²) in [5.41, 5.74) is 2.46. The molecule has 0 aliphatic carbocycles. The molecule has 1 aliphatic rings. The number of fused-ring (bicyclic) bond motifs is 1.